The molecule has 2 N–H and O–H groups in total. The van der Waals surface area contributed by atoms with Crippen LogP contribution in [-0.2, 0) is 4.74 Å². The maximum Gasteiger partial charge on any atom is 0.0518 e. The second-order valence-corrected chi connectivity index (χ2v) is 7.73. The summed E-state index contributed by atoms with van der Waals surface area (Å²) in [7, 11) is 0. The van der Waals surface area contributed by atoms with Gasteiger partial charge >= 0.3 is 0 Å². The average Bonchev–Trinajstić information content (AvgIpc) is 2.62. The molecule has 0 saturated heterocycles. The third-order valence-electron chi connectivity index (χ3n) is 4.64. The molecule has 0 unspecified atom stereocenters. The molecule has 3 nitrogen and oxygen atoms in total. The Morgan fingerprint density at radius 2 is 1.42 bits per heavy atom. The van der Waals surface area contributed by atoms with E-state index in [1.807, 2.05) is 0 Å². The van der Waals surface area contributed by atoms with E-state index in [4.69, 9.17) is 4.74 Å². The zero-order valence-electron chi connectivity index (χ0n) is 17.7. The molecule has 0 saturated carbocycles. The molecular weight excluding hydrogens is 320 g/mol. The molecular formula is C23H42N2O. The summed E-state index contributed by atoms with van der Waals surface area (Å²) in [6, 6.07) is 9.21. The quantitative estimate of drug-likeness (QED) is 0.315. The minimum Gasteiger partial charge on any atom is -0.385 e. The highest BCUT2D eigenvalue weighted by molar-refractivity contribution is 5.53. The van der Waals surface area contributed by atoms with E-state index in [9.17, 15) is 0 Å². The minimum atomic E-state index is 0.323. The van der Waals surface area contributed by atoms with Crippen LogP contribution in [0.15, 0.2) is 24.3 Å². The number of hydrogen-bond donors (Lipinski definition) is 2. The highest BCUT2D eigenvalue weighted by Crippen LogP contribution is 2.16. The Labute approximate surface area is 162 Å². The summed E-state index contributed by atoms with van der Waals surface area (Å²) >= 11 is 0. The third kappa shape index (κ3) is 12.2. The lowest BCUT2D eigenvalue weighted by atomic mass is 10.1. The van der Waals surface area contributed by atoms with Crippen LogP contribution in [0.1, 0.15) is 85.5 Å². The fourth-order valence-electron chi connectivity index (χ4n) is 3.07. The summed E-state index contributed by atoms with van der Waals surface area (Å²) in [6.45, 7) is 10.5. The van der Waals surface area contributed by atoms with E-state index in [1.54, 1.807) is 0 Å². The fraction of sp³-hybridized carbons (Fsp3) is 0.739. The van der Waals surface area contributed by atoms with Gasteiger partial charge in [-0.05, 0) is 57.9 Å². The van der Waals surface area contributed by atoms with Crippen LogP contribution >= 0.6 is 0 Å². The van der Waals surface area contributed by atoms with Crippen LogP contribution in [0.5, 0.6) is 0 Å². The number of hydrogen-bond acceptors (Lipinski definition) is 3. The van der Waals surface area contributed by atoms with Crippen molar-refractivity contribution >= 4 is 11.4 Å². The summed E-state index contributed by atoms with van der Waals surface area (Å²) in [5.41, 5.74) is 2.40. The highest BCUT2D eigenvalue weighted by Gasteiger charge is 2.02. The third-order valence-corrected chi connectivity index (χ3v) is 4.64. The van der Waals surface area contributed by atoms with Crippen molar-refractivity contribution in [2.75, 3.05) is 23.8 Å². The Bertz CT molecular complexity index is 430. The highest BCUT2D eigenvalue weighted by atomic mass is 16.5. The first-order valence-corrected chi connectivity index (χ1v) is 10.8. The fourth-order valence-corrected chi connectivity index (χ4v) is 3.07. The van der Waals surface area contributed by atoms with E-state index in [-0.39, 0.29) is 0 Å². The number of ether oxygens (including phenoxy) is 1. The topological polar surface area (TPSA) is 33.3 Å². The Morgan fingerprint density at radius 3 is 2.08 bits per heavy atom. The molecule has 1 aromatic rings. The molecule has 0 aromatic heterocycles. The van der Waals surface area contributed by atoms with E-state index in [0.29, 0.717) is 12.1 Å². The summed E-state index contributed by atoms with van der Waals surface area (Å²) in [5.74, 6) is 0. The molecule has 0 heterocycles. The van der Waals surface area contributed by atoms with Crippen molar-refractivity contribution in [1.82, 2.24) is 0 Å². The second kappa shape index (κ2) is 14.9. The molecule has 0 aliphatic carbocycles. The van der Waals surface area contributed by atoms with Crippen molar-refractivity contribution < 1.29 is 4.74 Å². The van der Waals surface area contributed by atoms with Gasteiger partial charge in [-0.3, -0.25) is 0 Å². The van der Waals surface area contributed by atoms with Crippen LogP contribution in [0, 0.1) is 0 Å². The predicted molar refractivity (Wildman–Crippen MR) is 116 cm³/mol. The standard InChI is InChI=1S/C23H42N2O/c1-5-6-7-8-9-10-11-13-21(4)25-23-16-14-22(15-17-23)24-18-12-19-26-20(2)3/h14-17,20-21,24-25H,5-13,18-19H2,1-4H3/t21-/m1/s1. The van der Waals surface area contributed by atoms with E-state index >= 15 is 0 Å². The Morgan fingerprint density at radius 1 is 0.808 bits per heavy atom. The van der Waals surface area contributed by atoms with Crippen molar-refractivity contribution in [3.8, 4) is 0 Å². The molecule has 0 aliphatic heterocycles. The van der Waals surface area contributed by atoms with E-state index in [0.717, 1.165) is 19.6 Å². The molecule has 0 spiro atoms. The zero-order chi connectivity index (χ0) is 19.0. The summed E-state index contributed by atoms with van der Waals surface area (Å²) in [5, 5.41) is 7.08. The maximum absolute atomic E-state index is 5.56. The molecule has 0 fully saturated rings. The first kappa shape index (κ1) is 22.8. The molecule has 1 atom stereocenters. The predicted octanol–water partition coefficient (Wildman–Crippen LogP) is 6.85. The van der Waals surface area contributed by atoms with Crippen molar-refractivity contribution in [3.63, 3.8) is 0 Å². The molecule has 1 aromatic carbocycles. The molecule has 150 valence electrons. The smallest absolute Gasteiger partial charge is 0.0518 e. The lowest BCUT2D eigenvalue weighted by Crippen LogP contribution is -2.14. The monoisotopic (exact) mass is 362 g/mol. The summed E-state index contributed by atoms with van der Waals surface area (Å²) in [4.78, 5) is 0. The minimum absolute atomic E-state index is 0.323. The average molecular weight is 363 g/mol. The number of nitrogens with one attached hydrogen (secondary N) is 2. The van der Waals surface area contributed by atoms with Gasteiger partial charge in [-0.25, -0.2) is 0 Å². The van der Waals surface area contributed by atoms with Crippen molar-refractivity contribution in [2.45, 2.75) is 97.6 Å². The van der Waals surface area contributed by atoms with Crippen LogP contribution in [0.25, 0.3) is 0 Å². The van der Waals surface area contributed by atoms with Gasteiger partial charge in [-0.2, -0.15) is 0 Å². The molecule has 0 aliphatic rings. The van der Waals surface area contributed by atoms with Gasteiger partial charge < -0.3 is 15.4 Å². The van der Waals surface area contributed by atoms with Gasteiger partial charge in [0.15, 0.2) is 0 Å². The molecule has 0 bridgehead atoms. The van der Waals surface area contributed by atoms with Crippen LogP contribution in [0.2, 0.25) is 0 Å². The van der Waals surface area contributed by atoms with Crippen molar-refractivity contribution in [2.24, 2.45) is 0 Å². The summed E-state index contributed by atoms with van der Waals surface area (Å²) < 4.78 is 5.56. The van der Waals surface area contributed by atoms with Crippen LogP contribution in [0.4, 0.5) is 11.4 Å². The Balaban J connectivity index is 2.11. The van der Waals surface area contributed by atoms with Gasteiger partial charge in [-0.1, -0.05) is 51.9 Å². The number of unbranched alkanes of at least 4 members (excludes halogenated alkanes) is 6. The van der Waals surface area contributed by atoms with Crippen LogP contribution in [0.3, 0.4) is 0 Å². The van der Waals surface area contributed by atoms with Gasteiger partial charge in [0, 0.05) is 30.6 Å². The van der Waals surface area contributed by atoms with Crippen LogP contribution in [-0.4, -0.2) is 25.3 Å². The first-order valence-electron chi connectivity index (χ1n) is 10.8. The Hall–Kier alpha value is -1.22. The second-order valence-electron chi connectivity index (χ2n) is 7.73. The van der Waals surface area contributed by atoms with Gasteiger partial charge in [0.05, 0.1) is 6.10 Å². The molecule has 1 rings (SSSR count). The maximum atomic E-state index is 5.56. The van der Waals surface area contributed by atoms with Gasteiger partial charge in [0.1, 0.15) is 0 Å². The molecule has 0 radical (unpaired) electrons. The van der Waals surface area contributed by atoms with Crippen LogP contribution < -0.4 is 10.6 Å². The van der Waals surface area contributed by atoms with Gasteiger partial charge in [0.2, 0.25) is 0 Å². The van der Waals surface area contributed by atoms with Gasteiger partial charge in [-0.15, -0.1) is 0 Å². The van der Waals surface area contributed by atoms with Crippen molar-refractivity contribution in [1.29, 1.82) is 0 Å². The first-order chi connectivity index (χ1) is 12.6. The van der Waals surface area contributed by atoms with Gasteiger partial charge in [0.25, 0.3) is 0 Å². The lowest BCUT2D eigenvalue weighted by Gasteiger charge is -2.16. The molecule has 26 heavy (non-hydrogen) atoms. The van der Waals surface area contributed by atoms with E-state index in [1.165, 1.54) is 62.7 Å². The normalized spacial score (nSPS) is 12.3. The van der Waals surface area contributed by atoms with E-state index in [2.05, 4.69) is 62.6 Å². The number of benzene rings is 1. The largest absolute Gasteiger partial charge is 0.385 e. The van der Waals surface area contributed by atoms with E-state index < -0.39 is 0 Å². The Kier molecular flexibility index (Phi) is 13.1. The molecule has 0 amide bonds. The zero-order valence-corrected chi connectivity index (χ0v) is 17.7. The summed E-state index contributed by atoms with van der Waals surface area (Å²) in [6.07, 6.45) is 12.3. The molecule has 3 heteroatoms. The number of rotatable bonds is 16. The lowest BCUT2D eigenvalue weighted by molar-refractivity contribution is 0.0787. The number of anilines is 2. The SMILES string of the molecule is CCCCCCCCC[C@@H](C)Nc1ccc(NCCCOC(C)C)cc1. The van der Waals surface area contributed by atoms with Crippen molar-refractivity contribution in [3.05, 3.63) is 24.3 Å².